The highest BCUT2D eigenvalue weighted by Gasteiger charge is 1.95. The molecule has 0 bridgehead atoms. The molecule has 0 spiro atoms. The van der Waals surface area contributed by atoms with Crippen LogP contribution < -0.4 is 4.74 Å². The Kier molecular flexibility index (Phi) is 5.86. The zero-order chi connectivity index (χ0) is 10.9. The third kappa shape index (κ3) is 4.84. The summed E-state index contributed by atoms with van der Waals surface area (Å²) in [5.74, 6) is 0.978. The van der Waals surface area contributed by atoms with Crippen LogP contribution in [-0.2, 0) is 11.2 Å². The van der Waals surface area contributed by atoms with Crippen LogP contribution in [0.2, 0.25) is 0 Å². The van der Waals surface area contributed by atoms with Gasteiger partial charge in [-0.3, -0.25) is 0 Å². The Morgan fingerprint density at radius 3 is 2.67 bits per heavy atom. The van der Waals surface area contributed by atoms with Gasteiger partial charge in [-0.15, -0.1) is 0 Å². The lowest BCUT2D eigenvalue weighted by Gasteiger charge is -2.07. The lowest BCUT2D eigenvalue weighted by Crippen LogP contribution is -1.99. The Morgan fingerprint density at radius 2 is 1.93 bits per heavy atom. The minimum atomic E-state index is 0.774. The molecule has 0 aliphatic rings. The van der Waals surface area contributed by atoms with Crippen molar-refractivity contribution in [3.63, 3.8) is 0 Å². The smallest absolute Gasteiger partial charge is 0.119 e. The number of methoxy groups -OCH3 is 1. The molecule has 0 saturated carbocycles. The first-order chi connectivity index (χ1) is 7.36. The number of rotatable bonds is 7. The first-order valence-electron chi connectivity index (χ1n) is 5.57. The van der Waals surface area contributed by atoms with Gasteiger partial charge in [0.25, 0.3) is 0 Å². The fourth-order valence-electron chi connectivity index (χ4n) is 1.39. The van der Waals surface area contributed by atoms with Gasteiger partial charge in [0.15, 0.2) is 0 Å². The number of hydrogen-bond acceptors (Lipinski definition) is 2. The second-order valence-electron chi connectivity index (χ2n) is 3.55. The molecular weight excluding hydrogens is 188 g/mol. The maximum atomic E-state index is 5.64. The van der Waals surface area contributed by atoms with Crippen molar-refractivity contribution in [3.05, 3.63) is 29.8 Å². The van der Waals surface area contributed by atoms with Crippen molar-refractivity contribution in [1.29, 1.82) is 0 Å². The molecule has 15 heavy (non-hydrogen) atoms. The van der Waals surface area contributed by atoms with Crippen molar-refractivity contribution in [2.75, 3.05) is 20.3 Å². The summed E-state index contributed by atoms with van der Waals surface area (Å²) in [6.07, 6.45) is 3.16. The third-order valence-electron chi connectivity index (χ3n) is 2.32. The van der Waals surface area contributed by atoms with Crippen LogP contribution in [0, 0.1) is 0 Å². The van der Waals surface area contributed by atoms with Crippen molar-refractivity contribution < 1.29 is 9.47 Å². The Balaban J connectivity index is 2.24. The van der Waals surface area contributed by atoms with Gasteiger partial charge in [0.1, 0.15) is 5.75 Å². The van der Waals surface area contributed by atoms with Crippen LogP contribution in [0.3, 0.4) is 0 Å². The number of benzene rings is 1. The minimum absolute atomic E-state index is 0.774. The second-order valence-corrected chi connectivity index (χ2v) is 3.55. The molecule has 1 rings (SSSR count). The molecule has 1 aromatic carbocycles. The van der Waals surface area contributed by atoms with E-state index in [9.17, 15) is 0 Å². The third-order valence-corrected chi connectivity index (χ3v) is 2.32. The predicted molar refractivity (Wildman–Crippen MR) is 62.4 cm³/mol. The average Bonchev–Trinajstić information content (AvgIpc) is 2.29. The van der Waals surface area contributed by atoms with Gasteiger partial charge in [-0.1, -0.05) is 19.1 Å². The molecule has 0 aliphatic carbocycles. The van der Waals surface area contributed by atoms with E-state index in [1.54, 1.807) is 7.11 Å². The van der Waals surface area contributed by atoms with Gasteiger partial charge in [-0.25, -0.2) is 0 Å². The monoisotopic (exact) mass is 208 g/mol. The molecule has 0 amide bonds. The summed E-state index contributed by atoms with van der Waals surface area (Å²) in [6, 6.07) is 8.28. The minimum Gasteiger partial charge on any atom is -0.494 e. The lowest BCUT2D eigenvalue weighted by molar-refractivity contribution is 0.184. The summed E-state index contributed by atoms with van der Waals surface area (Å²) in [5, 5.41) is 0. The van der Waals surface area contributed by atoms with E-state index >= 15 is 0 Å². The zero-order valence-electron chi connectivity index (χ0n) is 9.66. The molecule has 0 radical (unpaired) electrons. The normalized spacial score (nSPS) is 10.3. The van der Waals surface area contributed by atoms with Crippen molar-refractivity contribution in [3.8, 4) is 5.75 Å². The van der Waals surface area contributed by atoms with Gasteiger partial charge in [0.2, 0.25) is 0 Å². The molecule has 0 N–H and O–H groups in total. The largest absolute Gasteiger partial charge is 0.494 e. The Bertz CT molecular complexity index is 271. The quantitative estimate of drug-likeness (QED) is 0.641. The summed E-state index contributed by atoms with van der Waals surface area (Å²) >= 11 is 0. The van der Waals surface area contributed by atoms with Crippen LogP contribution in [0.25, 0.3) is 0 Å². The van der Waals surface area contributed by atoms with E-state index in [1.165, 1.54) is 5.56 Å². The van der Waals surface area contributed by atoms with E-state index < -0.39 is 0 Å². The Labute approximate surface area is 92.2 Å². The van der Waals surface area contributed by atoms with Gasteiger partial charge in [0, 0.05) is 13.7 Å². The molecule has 2 nitrogen and oxygen atoms in total. The maximum Gasteiger partial charge on any atom is 0.119 e. The van der Waals surface area contributed by atoms with Crippen molar-refractivity contribution in [1.82, 2.24) is 0 Å². The Hall–Kier alpha value is -1.02. The van der Waals surface area contributed by atoms with E-state index in [4.69, 9.17) is 9.47 Å². The fraction of sp³-hybridized carbons (Fsp3) is 0.538. The number of hydrogen-bond donors (Lipinski definition) is 0. The van der Waals surface area contributed by atoms with Crippen LogP contribution in [0.4, 0.5) is 0 Å². The summed E-state index contributed by atoms with van der Waals surface area (Å²) in [4.78, 5) is 0. The summed E-state index contributed by atoms with van der Waals surface area (Å²) in [5.41, 5.74) is 1.32. The first kappa shape index (κ1) is 12.1. The summed E-state index contributed by atoms with van der Waals surface area (Å²) in [6.45, 7) is 3.74. The predicted octanol–water partition coefficient (Wildman–Crippen LogP) is 3.05. The highest BCUT2D eigenvalue weighted by Crippen LogP contribution is 2.13. The second kappa shape index (κ2) is 7.30. The van der Waals surface area contributed by atoms with Crippen molar-refractivity contribution >= 4 is 0 Å². The summed E-state index contributed by atoms with van der Waals surface area (Å²) < 4.78 is 10.6. The first-order valence-corrected chi connectivity index (χ1v) is 5.57. The maximum absolute atomic E-state index is 5.64. The molecule has 0 saturated heterocycles. The van der Waals surface area contributed by atoms with Crippen LogP contribution in [0.5, 0.6) is 5.75 Å². The van der Waals surface area contributed by atoms with Crippen molar-refractivity contribution in [2.24, 2.45) is 0 Å². The fourth-order valence-corrected chi connectivity index (χ4v) is 1.39. The molecule has 1 aromatic rings. The number of ether oxygens (including phenoxy) is 2. The molecule has 0 atom stereocenters. The highest BCUT2D eigenvalue weighted by atomic mass is 16.5. The van der Waals surface area contributed by atoms with E-state index in [0.717, 1.165) is 38.2 Å². The Morgan fingerprint density at radius 1 is 1.13 bits per heavy atom. The zero-order valence-corrected chi connectivity index (χ0v) is 9.66. The van der Waals surface area contributed by atoms with Gasteiger partial charge in [-0.05, 0) is 37.0 Å². The molecule has 0 heterocycles. The van der Waals surface area contributed by atoms with E-state index in [2.05, 4.69) is 19.1 Å². The van der Waals surface area contributed by atoms with Crippen molar-refractivity contribution in [2.45, 2.75) is 26.2 Å². The average molecular weight is 208 g/mol. The van der Waals surface area contributed by atoms with E-state index in [-0.39, 0.29) is 0 Å². The molecule has 0 aromatic heterocycles. The van der Waals surface area contributed by atoms with Gasteiger partial charge < -0.3 is 9.47 Å². The van der Waals surface area contributed by atoms with Gasteiger partial charge >= 0.3 is 0 Å². The molecular formula is C13H20O2. The molecule has 84 valence electrons. The van der Waals surface area contributed by atoms with Crippen LogP contribution in [0.1, 0.15) is 25.3 Å². The van der Waals surface area contributed by atoms with Gasteiger partial charge in [-0.2, -0.15) is 0 Å². The topological polar surface area (TPSA) is 18.5 Å². The SMILES string of the molecule is CCc1cccc(OCCCCOC)c1. The summed E-state index contributed by atoms with van der Waals surface area (Å²) in [7, 11) is 1.73. The molecule has 0 aliphatic heterocycles. The van der Waals surface area contributed by atoms with Gasteiger partial charge in [0.05, 0.1) is 6.61 Å². The molecule has 2 heteroatoms. The number of aryl methyl sites for hydroxylation is 1. The van der Waals surface area contributed by atoms with Crippen LogP contribution >= 0.6 is 0 Å². The van der Waals surface area contributed by atoms with E-state index in [1.807, 2.05) is 12.1 Å². The molecule has 0 unspecified atom stereocenters. The standard InChI is InChI=1S/C13H20O2/c1-3-12-7-6-8-13(11-12)15-10-5-4-9-14-2/h6-8,11H,3-5,9-10H2,1-2H3. The van der Waals surface area contributed by atoms with Crippen LogP contribution in [0.15, 0.2) is 24.3 Å². The number of unbranched alkanes of at least 4 members (excludes halogenated alkanes) is 1. The van der Waals surface area contributed by atoms with E-state index in [0.29, 0.717) is 0 Å². The van der Waals surface area contributed by atoms with Crippen LogP contribution in [-0.4, -0.2) is 20.3 Å². The lowest BCUT2D eigenvalue weighted by atomic mass is 10.2. The highest BCUT2D eigenvalue weighted by molar-refractivity contribution is 5.28. The molecule has 0 fully saturated rings.